The van der Waals surface area contributed by atoms with Gasteiger partial charge in [-0.1, -0.05) is 53.1 Å². The summed E-state index contributed by atoms with van der Waals surface area (Å²) < 4.78 is 0. The molecule has 120 valence electrons. The molecule has 0 aliphatic heterocycles. The van der Waals surface area contributed by atoms with E-state index >= 15 is 0 Å². The van der Waals surface area contributed by atoms with Crippen molar-refractivity contribution in [1.82, 2.24) is 0 Å². The van der Waals surface area contributed by atoms with E-state index in [2.05, 4.69) is 60.7 Å². The van der Waals surface area contributed by atoms with Crippen molar-refractivity contribution in [1.29, 1.82) is 0 Å². The molecule has 0 radical (unpaired) electrons. The largest absolute Gasteiger partial charge is 0.267 e. The van der Waals surface area contributed by atoms with Crippen LogP contribution in [0.1, 0.15) is 41.5 Å². The molecule has 0 fully saturated rings. The minimum atomic E-state index is -1.28. The van der Waals surface area contributed by atoms with Crippen molar-refractivity contribution in [3.63, 3.8) is 0 Å². The van der Waals surface area contributed by atoms with Crippen LogP contribution in [-0.2, 0) is 17.4 Å². The van der Waals surface area contributed by atoms with Gasteiger partial charge >= 0.3 is 0 Å². The molecule has 0 unspecified atom stereocenters. The summed E-state index contributed by atoms with van der Waals surface area (Å²) in [5.41, 5.74) is 3.27. The van der Waals surface area contributed by atoms with Gasteiger partial charge in [0.05, 0.1) is 7.74 Å². The fourth-order valence-electron chi connectivity index (χ4n) is 2.94. The molecule has 0 spiro atoms. The molecule has 0 heterocycles. The summed E-state index contributed by atoms with van der Waals surface area (Å²) in [6.45, 7) is 19.1. The summed E-state index contributed by atoms with van der Waals surface area (Å²) in [5, 5.41) is 1.63. The first kappa shape index (κ1) is 26.2. The Morgan fingerprint density at radius 2 is 1.45 bits per heavy atom. The van der Waals surface area contributed by atoms with Gasteiger partial charge in [0, 0.05) is 17.4 Å². The number of allylic oxidation sites excluding steroid dienone is 4. The molecule has 0 N–H and O–H groups in total. The molecule has 0 bridgehead atoms. The fourth-order valence-corrected chi connectivity index (χ4v) is 13.4. The smallest absolute Gasteiger partial charge is 0.0704 e. The summed E-state index contributed by atoms with van der Waals surface area (Å²) in [7, 11) is -1.07. The maximum atomic E-state index is 3.84. The Kier molecular flexibility index (Phi) is 12.3. The Morgan fingerprint density at radius 1 is 1.05 bits per heavy atom. The molecule has 1 aliphatic rings. The van der Waals surface area contributed by atoms with Crippen molar-refractivity contribution in [2.24, 2.45) is 5.41 Å². The van der Waals surface area contributed by atoms with Gasteiger partial charge in [-0.15, -0.1) is 39.2 Å². The molecule has 0 aromatic carbocycles. The first-order valence-corrected chi connectivity index (χ1v) is 12.3. The van der Waals surface area contributed by atoms with Crippen LogP contribution >= 0.6 is 32.3 Å². The van der Waals surface area contributed by atoms with Crippen molar-refractivity contribution in [2.75, 3.05) is 12.3 Å². The Balaban J connectivity index is -0.000000963. The molecule has 0 saturated heterocycles. The van der Waals surface area contributed by atoms with Crippen LogP contribution in [0.4, 0.5) is 0 Å². The van der Waals surface area contributed by atoms with Crippen LogP contribution < -0.4 is 0 Å². The summed E-state index contributed by atoms with van der Waals surface area (Å²) >= 11 is 0. The minimum Gasteiger partial charge on any atom is -0.267 e. The second kappa shape index (κ2) is 9.39. The van der Waals surface area contributed by atoms with Crippen LogP contribution in [0.3, 0.4) is 0 Å². The van der Waals surface area contributed by atoms with Gasteiger partial charge in [-0.05, 0) is 12.3 Å². The van der Waals surface area contributed by atoms with Crippen LogP contribution in [-0.4, -0.2) is 20.1 Å². The van der Waals surface area contributed by atoms with E-state index in [1.807, 2.05) is 0 Å². The van der Waals surface area contributed by atoms with E-state index in [9.17, 15) is 0 Å². The van der Waals surface area contributed by atoms with Gasteiger partial charge < -0.3 is 0 Å². The SMILES string of the molecule is CCP(CC)[Si](C)(C)C1=[C-]C(C)(C)C(C)=C1C.Cl.Cl.[Cr]. The van der Waals surface area contributed by atoms with Gasteiger partial charge in [0.2, 0.25) is 0 Å². The number of hydrogen-bond acceptors (Lipinski definition) is 0. The van der Waals surface area contributed by atoms with Crippen LogP contribution in [0, 0.1) is 11.5 Å². The summed E-state index contributed by atoms with van der Waals surface area (Å²) in [4.78, 5) is 0. The maximum Gasteiger partial charge on any atom is 0.0704 e. The Labute approximate surface area is 151 Å². The third-order valence-electron chi connectivity index (χ3n) is 4.48. The summed E-state index contributed by atoms with van der Waals surface area (Å²) in [6.07, 6.45) is 6.60. The average Bonchev–Trinajstić information content (AvgIpc) is 2.44. The number of halogens is 2. The Morgan fingerprint density at radius 3 is 1.70 bits per heavy atom. The molecule has 1 aliphatic carbocycles. The van der Waals surface area contributed by atoms with Crippen molar-refractivity contribution >= 4 is 40.0 Å². The van der Waals surface area contributed by atoms with E-state index in [4.69, 9.17) is 0 Å². The molecule has 0 nitrogen and oxygen atoms in total. The summed E-state index contributed by atoms with van der Waals surface area (Å²) in [6, 6.07) is 0. The third kappa shape index (κ3) is 4.87. The van der Waals surface area contributed by atoms with E-state index in [0.29, 0.717) is 0 Å². The Hall–Kier alpha value is 1.24. The van der Waals surface area contributed by atoms with Gasteiger partial charge in [-0.25, -0.2) is 10.8 Å². The van der Waals surface area contributed by atoms with Gasteiger partial charge in [0.1, 0.15) is 0 Å². The zero-order valence-electron chi connectivity index (χ0n) is 14.1. The first-order chi connectivity index (χ1) is 7.68. The molecule has 1 rings (SSSR count). The van der Waals surface area contributed by atoms with Crippen LogP contribution in [0.5, 0.6) is 0 Å². The predicted octanol–water partition coefficient (Wildman–Crippen LogP) is 6.20. The van der Waals surface area contributed by atoms with Crippen molar-refractivity contribution < 1.29 is 17.4 Å². The van der Waals surface area contributed by atoms with E-state index in [-0.39, 0.29) is 55.1 Å². The normalized spacial score (nSPS) is 17.1. The quantitative estimate of drug-likeness (QED) is 0.304. The molecular formula is C15H30Cl2CrPSi-. The third-order valence-corrected chi connectivity index (χ3v) is 16.6. The van der Waals surface area contributed by atoms with Crippen molar-refractivity contribution in [3.8, 4) is 0 Å². The van der Waals surface area contributed by atoms with Gasteiger partial charge in [-0.3, -0.25) is 6.08 Å². The molecular weight excluding hydrogens is 362 g/mol. The number of rotatable bonds is 4. The Bertz CT molecular complexity index is 372. The van der Waals surface area contributed by atoms with E-state index in [1.54, 1.807) is 10.8 Å². The second-order valence-electron chi connectivity index (χ2n) is 6.11. The van der Waals surface area contributed by atoms with Crippen LogP contribution in [0.25, 0.3) is 0 Å². The van der Waals surface area contributed by atoms with E-state index in [0.717, 1.165) is 0 Å². The molecule has 0 saturated carbocycles. The molecule has 5 heteroatoms. The van der Waals surface area contributed by atoms with Gasteiger partial charge in [0.15, 0.2) is 0 Å². The first-order valence-electron chi connectivity index (χ1n) is 6.77. The monoisotopic (exact) mass is 391 g/mol. The molecule has 0 aromatic rings. The molecule has 0 amide bonds. The predicted molar refractivity (Wildman–Crippen MR) is 98.9 cm³/mol. The van der Waals surface area contributed by atoms with Gasteiger partial charge in [-0.2, -0.15) is 5.57 Å². The zero-order valence-corrected chi connectivity index (χ0v) is 18.9. The summed E-state index contributed by atoms with van der Waals surface area (Å²) in [5.74, 6) is 0. The zero-order chi connectivity index (χ0) is 13.4. The molecule has 0 atom stereocenters. The van der Waals surface area contributed by atoms with Gasteiger partial charge in [0.25, 0.3) is 0 Å². The van der Waals surface area contributed by atoms with Crippen LogP contribution in [0.2, 0.25) is 13.1 Å². The van der Waals surface area contributed by atoms with E-state index < -0.39 is 7.74 Å². The van der Waals surface area contributed by atoms with Crippen molar-refractivity contribution in [2.45, 2.75) is 54.6 Å². The van der Waals surface area contributed by atoms with Crippen molar-refractivity contribution in [3.05, 3.63) is 22.4 Å². The second-order valence-corrected chi connectivity index (χ2v) is 17.3. The van der Waals surface area contributed by atoms with E-state index in [1.165, 1.54) is 17.9 Å². The molecule has 0 aromatic heterocycles. The maximum absolute atomic E-state index is 3.84. The fraction of sp³-hybridized carbons (Fsp3) is 0.733. The average molecular weight is 392 g/mol. The topological polar surface area (TPSA) is 0 Å². The van der Waals surface area contributed by atoms with Crippen LogP contribution in [0.15, 0.2) is 16.3 Å². The minimum absolute atomic E-state index is 0. The molecule has 20 heavy (non-hydrogen) atoms. The number of hydrogen-bond donors (Lipinski definition) is 0. The standard InChI is InChI=1S/C15H28PSi.2ClH.Cr/c1-9-16(10-2)17(7,8)14-11-15(5,6)13(4)12(14)3;;;/h9-10H2,1-8H3;2*1H;/q-1;;;.